The number of esters is 1. The summed E-state index contributed by atoms with van der Waals surface area (Å²) in [6.07, 6.45) is 1.38. The highest BCUT2D eigenvalue weighted by molar-refractivity contribution is 7.08. The molecule has 2 N–H and O–H groups in total. The molecule has 1 aromatic heterocycles. The van der Waals surface area contributed by atoms with Crippen LogP contribution in [0.5, 0.6) is 5.75 Å². The molecule has 0 atom stereocenters. The molecule has 4 nitrogen and oxygen atoms in total. The predicted octanol–water partition coefficient (Wildman–Crippen LogP) is 2.08. The lowest BCUT2D eigenvalue weighted by atomic mass is 10.3. The van der Waals surface area contributed by atoms with Crippen molar-refractivity contribution in [1.29, 1.82) is 0 Å². The number of nitrogens with two attached hydrogens (primary N) is 1. The Hall–Kier alpha value is -1.95. The molecule has 6 heteroatoms. The number of carbonyl (C=O) groups is 1. The summed E-state index contributed by atoms with van der Waals surface area (Å²) in [5, 5.41) is 0. The lowest BCUT2D eigenvalue weighted by Gasteiger charge is -2.02. The van der Waals surface area contributed by atoms with Gasteiger partial charge >= 0.3 is 5.97 Å². The van der Waals surface area contributed by atoms with Crippen molar-refractivity contribution in [2.75, 3.05) is 5.73 Å². The summed E-state index contributed by atoms with van der Waals surface area (Å²) in [7, 11) is 0. The van der Waals surface area contributed by atoms with E-state index in [1.165, 1.54) is 30.5 Å². The van der Waals surface area contributed by atoms with Crippen LogP contribution in [0.2, 0.25) is 0 Å². The number of carbonyl (C=O) groups excluding carboxylic acids is 1. The zero-order chi connectivity index (χ0) is 11.5. The Labute approximate surface area is 94.6 Å². The maximum atomic E-state index is 12.6. The Bertz CT molecular complexity index is 510. The van der Waals surface area contributed by atoms with E-state index < -0.39 is 11.8 Å². The second-order valence-electron chi connectivity index (χ2n) is 2.95. The van der Waals surface area contributed by atoms with E-state index >= 15 is 0 Å². The maximum Gasteiger partial charge on any atom is 0.357 e. The van der Waals surface area contributed by atoms with Crippen LogP contribution in [0.4, 0.5) is 10.1 Å². The van der Waals surface area contributed by atoms with E-state index in [0.29, 0.717) is 0 Å². The molecule has 2 aromatic rings. The van der Waals surface area contributed by atoms with E-state index in [1.54, 1.807) is 0 Å². The smallest absolute Gasteiger partial charge is 0.357 e. The first-order valence-corrected chi connectivity index (χ1v) is 5.12. The molecule has 1 aromatic carbocycles. The minimum atomic E-state index is -0.591. The van der Waals surface area contributed by atoms with Gasteiger partial charge < -0.3 is 10.5 Å². The Morgan fingerprint density at radius 2 is 2.06 bits per heavy atom. The number of hydrogen-bond acceptors (Lipinski definition) is 5. The molecule has 0 bridgehead atoms. The Kier molecular flexibility index (Phi) is 2.82. The van der Waals surface area contributed by atoms with Crippen LogP contribution in [0.15, 0.2) is 30.5 Å². The molecule has 0 aliphatic heterocycles. The number of hydrogen-bond donors (Lipinski definition) is 1. The highest BCUT2D eigenvalue weighted by Crippen LogP contribution is 2.19. The SMILES string of the molecule is Nc1cnsc1C(=O)Oc1ccc(F)cc1. The average molecular weight is 238 g/mol. The van der Waals surface area contributed by atoms with Crippen LogP contribution in [-0.4, -0.2) is 10.3 Å². The first-order chi connectivity index (χ1) is 7.66. The van der Waals surface area contributed by atoms with Crippen molar-refractivity contribution in [2.45, 2.75) is 0 Å². The normalized spacial score (nSPS) is 10.1. The third kappa shape index (κ3) is 2.17. The van der Waals surface area contributed by atoms with Crippen molar-refractivity contribution in [3.63, 3.8) is 0 Å². The molecule has 0 fully saturated rings. The second-order valence-corrected chi connectivity index (χ2v) is 3.76. The second kappa shape index (κ2) is 4.28. The van der Waals surface area contributed by atoms with Gasteiger partial charge in [0.05, 0.1) is 11.9 Å². The van der Waals surface area contributed by atoms with Gasteiger partial charge in [-0.2, -0.15) is 4.37 Å². The lowest BCUT2D eigenvalue weighted by Crippen LogP contribution is -2.08. The summed E-state index contributed by atoms with van der Waals surface area (Å²) in [6.45, 7) is 0. The fourth-order valence-corrected chi connectivity index (χ4v) is 1.60. The molecule has 0 unspecified atom stereocenters. The van der Waals surface area contributed by atoms with Crippen molar-refractivity contribution < 1.29 is 13.9 Å². The van der Waals surface area contributed by atoms with Crippen LogP contribution in [0, 0.1) is 5.82 Å². The number of nitrogens with zero attached hydrogens (tertiary/aromatic N) is 1. The topological polar surface area (TPSA) is 65.2 Å². The number of ether oxygens (including phenoxy) is 1. The quantitative estimate of drug-likeness (QED) is 0.642. The first kappa shape index (κ1) is 10.6. The van der Waals surface area contributed by atoms with Gasteiger partial charge in [0, 0.05) is 0 Å². The van der Waals surface area contributed by atoms with Crippen molar-refractivity contribution in [3.8, 4) is 5.75 Å². The molecule has 0 spiro atoms. The molecule has 0 saturated heterocycles. The van der Waals surface area contributed by atoms with Gasteiger partial charge in [0.1, 0.15) is 11.6 Å². The summed E-state index contributed by atoms with van der Waals surface area (Å²) >= 11 is 0.956. The molecule has 82 valence electrons. The number of rotatable bonds is 2. The fourth-order valence-electron chi connectivity index (χ4n) is 1.06. The Balaban J connectivity index is 2.14. The van der Waals surface area contributed by atoms with Gasteiger partial charge in [0.25, 0.3) is 0 Å². The van der Waals surface area contributed by atoms with Crippen molar-refractivity contribution in [2.24, 2.45) is 0 Å². The van der Waals surface area contributed by atoms with Crippen LogP contribution < -0.4 is 10.5 Å². The summed E-state index contributed by atoms with van der Waals surface area (Å²) in [6, 6.07) is 5.15. The Morgan fingerprint density at radius 3 is 2.62 bits per heavy atom. The first-order valence-electron chi connectivity index (χ1n) is 4.34. The highest BCUT2D eigenvalue weighted by atomic mass is 32.1. The van der Waals surface area contributed by atoms with Gasteiger partial charge in [0.15, 0.2) is 4.88 Å². The summed E-state index contributed by atoms with van der Waals surface area (Å²) < 4.78 is 21.3. The van der Waals surface area contributed by atoms with E-state index in [0.717, 1.165) is 11.5 Å². The van der Waals surface area contributed by atoms with Crippen LogP contribution >= 0.6 is 11.5 Å². The summed E-state index contributed by atoms with van der Waals surface area (Å²) in [5.41, 5.74) is 5.78. The number of aromatic nitrogens is 1. The average Bonchev–Trinajstić information content (AvgIpc) is 2.68. The number of anilines is 1. The van der Waals surface area contributed by atoms with Crippen LogP contribution in [0.25, 0.3) is 0 Å². The van der Waals surface area contributed by atoms with E-state index in [2.05, 4.69) is 4.37 Å². The third-order valence-corrected chi connectivity index (χ3v) is 2.60. The summed E-state index contributed by atoms with van der Waals surface area (Å²) in [5.74, 6) is -0.720. The third-order valence-electron chi connectivity index (χ3n) is 1.81. The van der Waals surface area contributed by atoms with Crippen molar-refractivity contribution in [3.05, 3.63) is 41.2 Å². The molecule has 2 rings (SSSR count). The molecule has 0 amide bonds. The van der Waals surface area contributed by atoms with Crippen LogP contribution in [-0.2, 0) is 0 Å². The largest absolute Gasteiger partial charge is 0.422 e. The fraction of sp³-hybridized carbons (Fsp3) is 0. The maximum absolute atomic E-state index is 12.6. The van der Waals surface area contributed by atoms with Gasteiger partial charge in [0.2, 0.25) is 0 Å². The molecule has 16 heavy (non-hydrogen) atoms. The standard InChI is InChI=1S/C10H7FN2O2S/c11-6-1-3-7(4-2-6)15-10(14)9-8(12)5-13-16-9/h1-5H,12H2. The predicted molar refractivity (Wildman–Crippen MR) is 57.9 cm³/mol. The van der Waals surface area contributed by atoms with E-state index in [9.17, 15) is 9.18 Å². The molecule has 0 aliphatic carbocycles. The van der Waals surface area contributed by atoms with E-state index in [-0.39, 0.29) is 16.3 Å². The Morgan fingerprint density at radius 1 is 1.38 bits per heavy atom. The van der Waals surface area contributed by atoms with Crippen LogP contribution in [0.1, 0.15) is 9.67 Å². The zero-order valence-corrected chi connectivity index (χ0v) is 8.83. The van der Waals surface area contributed by atoms with Gasteiger partial charge in [-0.15, -0.1) is 0 Å². The summed E-state index contributed by atoms with van der Waals surface area (Å²) in [4.78, 5) is 11.8. The molecule has 1 heterocycles. The highest BCUT2D eigenvalue weighted by Gasteiger charge is 2.14. The van der Waals surface area contributed by atoms with Gasteiger partial charge in [-0.05, 0) is 35.8 Å². The molecule has 0 saturated carbocycles. The van der Waals surface area contributed by atoms with E-state index in [4.69, 9.17) is 10.5 Å². The lowest BCUT2D eigenvalue weighted by molar-refractivity contribution is 0.0740. The van der Waals surface area contributed by atoms with E-state index in [1.807, 2.05) is 0 Å². The van der Waals surface area contributed by atoms with Gasteiger partial charge in [-0.1, -0.05) is 0 Å². The zero-order valence-electron chi connectivity index (χ0n) is 8.01. The van der Waals surface area contributed by atoms with Crippen LogP contribution in [0.3, 0.4) is 0 Å². The monoisotopic (exact) mass is 238 g/mol. The van der Waals surface area contributed by atoms with Crippen molar-refractivity contribution in [1.82, 2.24) is 4.37 Å². The molecular weight excluding hydrogens is 231 g/mol. The number of benzene rings is 1. The molecule has 0 aliphatic rings. The van der Waals surface area contributed by atoms with Crippen molar-refractivity contribution >= 4 is 23.2 Å². The van der Waals surface area contributed by atoms with Gasteiger partial charge in [-0.3, -0.25) is 0 Å². The number of nitrogen functional groups attached to an aromatic ring is 1. The molecule has 0 radical (unpaired) electrons. The number of halogens is 1. The molecular formula is C10H7FN2O2S. The minimum Gasteiger partial charge on any atom is -0.422 e. The minimum absolute atomic E-state index is 0.240. The van der Waals surface area contributed by atoms with Gasteiger partial charge in [-0.25, -0.2) is 9.18 Å².